The van der Waals surface area contributed by atoms with Crippen molar-refractivity contribution in [2.24, 2.45) is 10.7 Å². The van der Waals surface area contributed by atoms with Crippen molar-refractivity contribution in [3.8, 4) is 0 Å². The third kappa shape index (κ3) is 4.30. The molecule has 1 saturated heterocycles. The monoisotopic (exact) mass is 294 g/mol. The van der Waals surface area contributed by atoms with Crippen LogP contribution in [0.3, 0.4) is 0 Å². The van der Waals surface area contributed by atoms with E-state index >= 15 is 0 Å². The molecule has 0 aromatic rings. The maximum absolute atomic E-state index is 12.6. The number of likely N-dealkylation sites (N-methyl/N-ethyl adjacent to an activating group) is 1. The second-order valence-corrected chi connectivity index (χ2v) is 5.74. The fraction of sp³-hybridized carbons (Fsp3) is 0.750. The molecule has 1 fully saturated rings. The summed E-state index contributed by atoms with van der Waals surface area (Å²) in [4.78, 5) is 20.8. The molecule has 0 aliphatic carbocycles. The van der Waals surface area contributed by atoms with Crippen LogP contribution in [0.4, 0.5) is 0 Å². The van der Waals surface area contributed by atoms with E-state index in [1.807, 2.05) is 7.05 Å². The first-order valence-electron chi connectivity index (χ1n) is 7.98. The minimum absolute atomic E-state index is 0.0217. The molecule has 0 bridgehead atoms. The van der Waals surface area contributed by atoms with Crippen LogP contribution in [0.25, 0.3) is 0 Å². The lowest BCUT2D eigenvalue weighted by Gasteiger charge is -2.44. The molecule has 2 unspecified atom stereocenters. The molecule has 1 rings (SSSR count). The van der Waals surface area contributed by atoms with Gasteiger partial charge in [0.2, 0.25) is 5.91 Å². The van der Waals surface area contributed by atoms with Crippen LogP contribution in [0.15, 0.2) is 16.9 Å². The number of rotatable bonds is 6. The second-order valence-electron chi connectivity index (χ2n) is 5.74. The Morgan fingerprint density at radius 2 is 2.14 bits per heavy atom. The van der Waals surface area contributed by atoms with Crippen LogP contribution in [0.2, 0.25) is 0 Å². The Balaban J connectivity index is 3.07. The van der Waals surface area contributed by atoms with Gasteiger partial charge >= 0.3 is 0 Å². The van der Waals surface area contributed by atoms with E-state index < -0.39 is 0 Å². The van der Waals surface area contributed by atoms with E-state index in [1.165, 1.54) is 0 Å². The van der Waals surface area contributed by atoms with Crippen LogP contribution in [0.1, 0.15) is 53.4 Å². The molecule has 1 aliphatic rings. The van der Waals surface area contributed by atoms with Gasteiger partial charge in [-0.05, 0) is 26.2 Å². The van der Waals surface area contributed by atoms with Gasteiger partial charge in [0.1, 0.15) is 0 Å². The molecule has 1 amide bonds. The van der Waals surface area contributed by atoms with E-state index in [2.05, 4.69) is 30.7 Å². The Hall–Kier alpha value is -1.36. The molecule has 0 radical (unpaired) electrons. The molecule has 0 spiro atoms. The van der Waals surface area contributed by atoms with Gasteiger partial charge in [0.25, 0.3) is 0 Å². The largest absolute Gasteiger partial charge is 0.387 e. The van der Waals surface area contributed by atoms with Gasteiger partial charge in [0.05, 0.1) is 17.6 Å². The molecule has 0 aromatic carbocycles. The third-order valence-electron chi connectivity index (χ3n) is 4.16. The lowest BCUT2D eigenvalue weighted by molar-refractivity contribution is -0.138. The molecule has 120 valence electrons. The number of amides is 1. The summed E-state index contributed by atoms with van der Waals surface area (Å²) < 4.78 is 0. The van der Waals surface area contributed by atoms with Crippen molar-refractivity contribution in [1.82, 2.24) is 9.80 Å². The minimum Gasteiger partial charge on any atom is -0.387 e. The van der Waals surface area contributed by atoms with Crippen LogP contribution < -0.4 is 5.73 Å². The predicted molar refractivity (Wildman–Crippen MR) is 87.9 cm³/mol. The summed E-state index contributed by atoms with van der Waals surface area (Å²) in [5.74, 6) is 0.669. The van der Waals surface area contributed by atoms with Crippen LogP contribution >= 0.6 is 0 Å². The van der Waals surface area contributed by atoms with Crippen molar-refractivity contribution < 1.29 is 4.79 Å². The van der Waals surface area contributed by atoms with Gasteiger partial charge in [-0.1, -0.05) is 27.2 Å². The van der Waals surface area contributed by atoms with E-state index in [-0.39, 0.29) is 11.9 Å². The zero-order chi connectivity index (χ0) is 16.0. The lowest BCUT2D eigenvalue weighted by Crippen LogP contribution is -2.57. The van der Waals surface area contributed by atoms with Crippen molar-refractivity contribution >= 4 is 11.7 Å². The summed E-state index contributed by atoms with van der Waals surface area (Å²) in [7, 11) is 1.83. The number of piperazine rings is 1. The Labute approximate surface area is 128 Å². The Morgan fingerprint density at radius 3 is 2.62 bits per heavy atom. The fourth-order valence-electron chi connectivity index (χ4n) is 2.94. The highest BCUT2D eigenvalue weighted by atomic mass is 16.2. The van der Waals surface area contributed by atoms with Gasteiger partial charge in [0.15, 0.2) is 0 Å². The van der Waals surface area contributed by atoms with Gasteiger partial charge in [0, 0.05) is 25.8 Å². The standard InChI is InChI=1S/C16H30N4O/c1-6-9-13(7-2)20-11-14(10-18-12(4)17)19(5)16(21)15(20)8-3/h10,13,15H,6-9,11H2,1-5H3,(H2,17,18)/b14-10+. The van der Waals surface area contributed by atoms with Gasteiger partial charge in [-0.3, -0.25) is 9.69 Å². The van der Waals surface area contributed by atoms with Crippen molar-refractivity contribution in [1.29, 1.82) is 0 Å². The van der Waals surface area contributed by atoms with Crippen molar-refractivity contribution in [3.63, 3.8) is 0 Å². The van der Waals surface area contributed by atoms with Crippen LogP contribution in [-0.2, 0) is 4.79 Å². The summed E-state index contributed by atoms with van der Waals surface area (Å²) in [6, 6.07) is 0.426. The number of hydrogen-bond donors (Lipinski definition) is 1. The molecule has 2 N–H and O–H groups in total. The van der Waals surface area contributed by atoms with E-state index in [0.29, 0.717) is 11.9 Å². The first-order valence-corrected chi connectivity index (χ1v) is 7.98. The molecular weight excluding hydrogens is 264 g/mol. The van der Waals surface area contributed by atoms with Crippen LogP contribution in [0, 0.1) is 0 Å². The SMILES string of the molecule is CCCC(CC)N1C/C(=C\N=C(C)N)N(C)C(=O)C1CC. The summed E-state index contributed by atoms with van der Waals surface area (Å²) in [5, 5.41) is 0. The van der Waals surface area contributed by atoms with Crippen molar-refractivity contribution in [2.45, 2.75) is 65.5 Å². The van der Waals surface area contributed by atoms with Gasteiger partial charge in [-0.15, -0.1) is 0 Å². The van der Waals surface area contributed by atoms with E-state index in [0.717, 1.165) is 37.9 Å². The average Bonchev–Trinajstić information content (AvgIpc) is 2.46. The van der Waals surface area contributed by atoms with Gasteiger partial charge < -0.3 is 10.6 Å². The van der Waals surface area contributed by atoms with Crippen LogP contribution in [0.5, 0.6) is 0 Å². The zero-order valence-corrected chi connectivity index (χ0v) is 14.1. The maximum atomic E-state index is 12.6. The highest BCUT2D eigenvalue weighted by molar-refractivity contribution is 5.84. The molecule has 1 heterocycles. The Morgan fingerprint density at radius 1 is 1.48 bits per heavy atom. The summed E-state index contributed by atoms with van der Waals surface area (Å²) in [6.07, 6.45) is 5.89. The summed E-state index contributed by atoms with van der Waals surface area (Å²) in [6.45, 7) is 8.98. The third-order valence-corrected chi connectivity index (χ3v) is 4.16. The fourth-order valence-corrected chi connectivity index (χ4v) is 2.94. The van der Waals surface area contributed by atoms with E-state index in [1.54, 1.807) is 18.0 Å². The Kier molecular flexibility index (Phi) is 6.89. The Bertz CT molecular complexity index is 413. The second kappa shape index (κ2) is 8.17. The quantitative estimate of drug-likeness (QED) is 0.604. The molecule has 1 aliphatic heterocycles. The number of aliphatic imine (C=N–C) groups is 1. The number of nitrogens with two attached hydrogens (primary N) is 1. The number of nitrogens with zero attached hydrogens (tertiary/aromatic N) is 3. The lowest BCUT2D eigenvalue weighted by atomic mass is 9.99. The molecule has 2 atom stereocenters. The smallest absolute Gasteiger partial charge is 0.243 e. The molecule has 5 nitrogen and oxygen atoms in total. The molecule has 21 heavy (non-hydrogen) atoms. The average molecular weight is 294 g/mol. The van der Waals surface area contributed by atoms with Gasteiger partial charge in [-0.25, -0.2) is 4.99 Å². The van der Waals surface area contributed by atoms with E-state index in [4.69, 9.17) is 5.73 Å². The van der Waals surface area contributed by atoms with Crippen molar-refractivity contribution in [2.75, 3.05) is 13.6 Å². The number of carbonyl (C=O) groups is 1. The van der Waals surface area contributed by atoms with Crippen molar-refractivity contribution in [3.05, 3.63) is 11.9 Å². The number of hydrogen-bond acceptors (Lipinski definition) is 3. The zero-order valence-electron chi connectivity index (χ0n) is 14.1. The molecule has 0 aromatic heterocycles. The number of amidine groups is 1. The maximum Gasteiger partial charge on any atom is 0.243 e. The molecular formula is C16H30N4O. The first kappa shape index (κ1) is 17.7. The number of carbonyl (C=O) groups excluding carboxylic acids is 1. The van der Waals surface area contributed by atoms with Crippen LogP contribution in [-0.4, -0.2) is 47.2 Å². The molecule has 0 saturated carbocycles. The minimum atomic E-state index is -0.0217. The van der Waals surface area contributed by atoms with Gasteiger partial charge in [-0.2, -0.15) is 0 Å². The van der Waals surface area contributed by atoms with E-state index in [9.17, 15) is 4.79 Å². The topological polar surface area (TPSA) is 61.9 Å². The molecule has 5 heteroatoms. The normalized spacial score (nSPS) is 24.7. The predicted octanol–water partition coefficient (Wildman–Crippen LogP) is 2.34. The highest BCUT2D eigenvalue weighted by Gasteiger charge is 2.37. The first-order chi connectivity index (χ1) is 9.96. The highest BCUT2D eigenvalue weighted by Crippen LogP contribution is 2.25. The summed E-state index contributed by atoms with van der Waals surface area (Å²) in [5.41, 5.74) is 6.52. The summed E-state index contributed by atoms with van der Waals surface area (Å²) >= 11 is 0.